The van der Waals surface area contributed by atoms with Crippen LogP contribution in [0, 0.1) is 5.41 Å². The topological polar surface area (TPSA) is 41.1 Å². The summed E-state index contributed by atoms with van der Waals surface area (Å²) in [6, 6.07) is 21.0. The van der Waals surface area contributed by atoms with E-state index in [1.54, 1.807) is 11.8 Å². The molecule has 0 spiro atoms. The summed E-state index contributed by atoms with van der Waals surface area (Å²) in [6.07, 6.45) is 2.92. The first-order valence-corrected chi connectivity index (χ1v) is 9.45. The molecule has 0 aromatic heterocycles. The minimum Gasteiger partial charge on any atom is -0.291 e. The molecule has 1 amide bonds. The first-order chi connectivity index (χ1) is 11.7. The molecule has 0 aliphatic carbocycles. The second-order valence-electron chi connectivity index (χ2n) is 6.53. The number of thioether (sulfide) groups is 1. The molecule has 1 aliphatic rings. The van der Waals surface area contributed by atoms with Gasteiger partial charge < -0.3 is 0 Å². The van der Waals surface area contributed by atoms with Crippen LogP contribution in [0.2, 0.25) is 0 Å². The van der Waals surface area contributed by atoms with Crippen LogP contribution in [0.4, 0.5) is 0 Å². The van der Waals surface area contributed by atoms with Gasteiger partial charge in [0, 0.05) is 16.7 Å². The molecule has 1 heterocycles. The molecular weight excluding hydrogens is 316 g/mol. The first-order valence-electron chi connectivity index (χ1n) is 8.46. The third-order valence-corrected chi connectivity index (χ3v) is 5.92. The van der Waals surface area contributed by atoms with Crippen molar-refractivity contribution in [1.82, 2.24) is 10.9 Å². The smallest absolute Gasteiger partial charge is 0.241 e. The van der Waals surface area contributed by atoms with Gasteiger partial charge in [-0.2, -0.15) is 0 Å². The van der Waals surface area contributed by atoms with Gasteiger partial charge in [-0.1, -0.05) is 48.5 Å². The van der Waals surface area contributed by atoms with Crippen molar-refractivity contribution < 1.29 is 4.79 Å². The average Bonchev–Trinajstić information content (AvgIpc) is 2.90. The molecule has 4 heteroatoms. The first kappa shape index (κ1) is 17.1. The summed E-state index contributed by atoms with van der Waals surface area (Å²) in [6.45, 7) is 2.09. The van der Waals surface area contributed by atoms with Gasteiger partial charge >= 0.3 is 0 Å². The van der Waals surface area contributed by atoms with Crippen LogP contribution in [0.15, 0.2) is 65.6 Å². The summed E-state index contributed by atoms with van der Waals surface area (Å²) in [5.41, 5.74) is 7.02. The van der Waals surface area contributed by atoms with Crippen molar-refractivity contribution in [3.8, 4) is 0 Å². The van der Waals surface area contributed by atoms with Gasteiger partial charge in [0.05, 0.1) is 5.41 Å². The molecule has 2 N–H and O–H groups in total. The van der Waals surface area contributed by atoms with Crippen molar-refractivity contribution in [2.45, 2.75) is 37.1 Å². The van der Waals surface area contributed by atoms with Crippen LogP contribution >= 0.6 is 11.8 Å². The maximum absolute atomic E-state index is 12.4. The molecule has 2 aromatic carbocycles. The van der Waals surface area contributed by atoms with Crippen LogP contribution in [0.25, 0.3) is 0 Å². The summed E-state index contributed by atoms with van der Waals surface area (Å²) in [5, 5.41) is 0. The van der Waals surface area contributed by atoms with Crippen molar-refractivity contribution in [1.29, 1.82) is 0 Å². The zero-order valence-electron chi connectivity index (χ0n) is 14.0. The quantitative estimate of drug-likeness (QED) is 0.753. The van der Waals surface area contributed by atoms with Crippen molar-refractivity contribution in [3.05, 3.63) is 66.2 Å². The molecule has 2 aromatic rings. The highest BCUT2D eigenvalue weighted by molar-refractivity contribution is 7.99. The summed E-state index contributed by atoms with van der Waals surface area (Å²) in [7, 11) is 0. The molecule has 0 bridgehead atoms. The second kappa shape index (κ2) is 7.86. The maximum atomic E-state index is 12.4. The van der Waals surface area contributed by atoms with Crippen LogP contribution in [0.5, 0.6) is 0 Å². The molecule has 1 aliphatic heterocycles. The summed E-state index contributed by atoms with van der Waals surface area (Å²) in [5.74, 6) is 0.999. The Bertz CT molecular complexity index is 662. The Labute approximate surface area is 148 Å². The number of carbonyl (C=O) groups excluding carboxylic acids is 1. The maximum Gasteiger partial charge on any atom is 0.241 e. The van der Waals surface area contributed by atoms with Gasteiger partial charge in [-0.15, -0.1) is 11.8 Å². The van der Waals surface area contributed by atoms with Gasteiger partial charge in [0.1, 0.15) is 0 Å². The van der Waals surface area contributed by atoms with E-state index in [4.69, 9.17) is 0 Å². The number of carbonyl (C=O) groups is 1. The molecular formula is C20H24N2OS. The van der Waals surface area contributed by atoms with Gasteiger partial charge in [0.15, 0.2) is 0 Å². The third kappa shape index (κ3) is 4.00. The molecule has 3 nitrogen and oxygen atoms in total. The molecule has 0 radical (unpaired) electrons. The SMILES string of the molecule is CC1(CCCc2ccccc2)C(=O)NNC1CSc1ccccc1. The molecule has 1 saturated heterocycles. The predicted molar refractivity (Wildman–Crippen MR) is 99.7 cm³/mol. The molecule has 0 saturated carbocycles. The van der Waals surface area contributed by atoms with Gasteiger partial charge in [-0.05, 0) is 43.9 Å². The summed E-state index contributed by atoms with van der Waals surface area (Å²) < 4.78 is 0. The zero-order valence-corrected chi connectivity index (χ0v) is 14.8. The lowest BCUT2D eigenvalue weighted by Gasteiger charge is -2.27. The Morgan fingerprint density at radius 3 is 2.42 bits per heavy atom. The van der Waals surface area contributed by atoms with Crippen molar-refractivity contribution >= 4 is 17.7 Å². The minimum absolute atomic E-state index is 0.120. The van der Waals surface area contributed by atoms with Crippen LogP contribution < -0.4 is 10.9 Å². The van der Waals surface area contributed by atoms with Crippen molar-refractivity contribution in [2.75, 3.05) is 5.75 Å². The van der Waals surface area contributed by atoms with Crippen molar-refractivity contribution in [2.24, 2.45) is 5.41 Å². The summed E-state index contributed by atoms with van der Waals surface area (Å²) >= 11 is 1.80. The Morgan fingerprint density at radius 2 is 1.71 bits per heavy atom. The molecule has 24 heavy (non-hydrogen) atoms. The Morgan fingerprint density at radius 1 is 1.04 bits per heavy atom. The van der Waals surface area contributed by atoms with E-state index in [1.807, 2.05) is 24.3 Å². The van der Waals surface area contributed by atoms with E-state index in [0.29, 0.717) is 0 Å². The lowest BCUT2D eigenvalue weighted by molar-refractivity contribution is -0.127. The van der Waals surface area contributed by atoms with E-state index in [0.717, 1.165) is 25.0 Å². The van der Waals surface area contributed by atoms with Gasteiger partial charge in [-0.3, -0.25) is 10.2 Å². The molecule has 2 atom stereocenters. The average molecular weight is 340 g/mol. The summed E-state index contributed by atoms with van der Waals surface area (Å²) in [4.78, 5) is 13.6. The number of hydrogen-bond acceptors (Lipinski definition) is 3. The third-order valence-electron chi connectivity index (χ3n) is 4.81. The normalized spacial score (nSPS) is 23.2. The zero-order chi connectivity index (χ0) is 16.8. The number of benzene rings is 2. The minimum atomic E-state index is -0.351. The highest BCUT2D eigenvalue weighted by Gasteiger charge is 2.45. The van der Waals surface area contributed by atoms with E-state index in [2.05, 4.69) is 54.2 Å². The highest BCUT2D eigenvalue weighted by atomic mass is 32.2. The fourth-order valence-electron chi connectivity index (χ4n) is 3.13. The van der Waals surface area contributed by atoms with Crippen LogP contribution in [-0.4, -0.2) is 17.7 Å². The van der Waals surface area contributed by atoms with E-state index in [9.17, 15) is 4.79 Å². The van der Waals surface area contributed by atoms with Gasteiger partial charge in [0.25, 0.3) is 0 Å². The fraction of sp³-hybridized carbons (Fsp3) is 0.350. The van der Waals surface area contributed by atoms with Gasteiger partial charge in [0.2, 0.25) is 5.91 Å². The fourth-order valence-corrected chi connectivity index (χ4v) is 4.29. The number of amides is 1. The molecule has 2 unspecified atom stereocenters. The van der Waals surface area contributed by atoms with Crippen molar-refractivity contribution in [3.63, 3.8) is 0 Å². The van der Waals surface area contributed by atoms with Crippen LogP contribution in [-0.2, 0) is 11.2 Å². The van der Waals surface area contributed by atoms with Crippen LogP contribution in [0.1, 0.15) is 25.3 Å². The Kier molecular flexibility index (Phi) is 5.59. The highest BCUT2D eigenvalue weighted by Crippen LogP contribution is 2.35. The molecule has 3 rings (SSSR count). The second-order valence-corrected chi connectivity index (χ2v) is 7.63. The standard InChI is InChI=1S/C20H24N2OS/c1-20(14-8-11-16-9-4-2-5-10-16)18(21-22-19(20)23)15-24-17-12-6-3-7-13-17/h2-7,9-10,12-13,18,21H,8,11,14-15H2,1H3,(H,22,23). The Hall–Kier alpha value is -1.78. The molecule has 126 valence electrons. The van der Waals surface area contributed by atoms with E-state index >= 15 is 0 Å². The van der Waals surface area contributed by atoms with E-state index in [1.165, 1.54) is 10.5 Å². The van der Waals surface area contributed by atoms with Gasteiger partial charge in [-0.25, -0.2) is 5.43 Å². The monoisotopic (exact) mass is 340 g/mol. The molecule has 1 fully saturated rings. The van der Waals surface area contributed by atoms with E-state index in [-0.39, 0.29) is 17.4 Å². The lowest BCUT2D eigenvalue weighted by atomic mass is 9.79. The lowest BCUT2D eigenvalue weighted by Crippen LogP contribution is -2.39. The van der Waals surface area contributed by atoms with Crippen LogP contribution in [0.3, 0.4) is 0 Å². The largest absolute Gasteiger partial charge is 0.291 e. The number of nitrogens with one attached hydrogen (secondary N) is 2. The number of hydrogen-bond donors (Lipinski definition) is 2. The number of rotatable bonds is 7. The Balaban J connectivity index is 1.56. The number of aryl methyl sites for hydroxylation is 1. The number of hydrazine groups is 1. The van der Waals surface area contributed by atoms with E-state index < -0.39 is 0 Å². The predicted octanol–water partition coefficient (Wildman–Crippen LogP) is 3.81.